The smallest absolute Gasteiger partial charge is 0.273 e. The van der Waals surface area contributed by atoms with Crippen LogP contribution >= 0.6 is 0 Å². The van der Waals surface area contributed by atoms with E-state index in [-0.39, 0.29) is 24.0 Å². The summed E-state index contributed by atoms with van der Waals surface area (Å²) in [7, 11) is 0. The van der Waals surface area contributed by atoms with Gasteiger partial charge in [0.2, 0.25) is 0 Å². The molecule has 2 N–H and O–H groups in total. The number of aryl methyl sites for hydroxylation is 2. The summed E-state index contributed by atoms with van der Waals surface area (Å²) in [6.45, 7) is 4.51. The number of aromatic hydroxyl groups is 1. The van der Waals surface area contributed by atoms with Crippen LogP contribution < -0.4 is 4.74 Å². The van der Waals surface area contributed by atoms with Crippen molar-refractivity contribution in [2.45, 2.75) is 33.0 Å². The molecule has 1 amide bonds. The minimum atomic E-state index is -0.512. The molecule has 0 fully saturated rings. The predicted molar refractivity (Wildman–Crippen MR) is 150 cm³/mol. The molecule has 0 aliphatic carbocycles. The van der Waals surface area contributed by atoms with E-state index in [9.17, 15) is 14.3 Å². The number of phenolic OH excluding ortho intramolecular Hbond substituents is 1. The summed E-state index contributed by atoms with van der Waals surface area (Å²) >= 11 is 0. The Balaban J connectivity index is 1.44. The highest BCUT2D eigenvalue weighted by Gasteiger charge is 2.43. The highest BCUT2D eigenvalue weighted by Crippen LogP contribution is 2.46. The Labute approximate surface area is 231 Å². The van der Waals surface area contributed by atoms with Crippen LogP contribution in [0, 0.1) is 19.7 Å². The third-order valence-electron chi connectivity index (χ3n) is 7.25. The van der Waals surface area contributed by atoms with Gasteiger partial charge in [0.1, 0.15) is 35.3 Å². The maximum atomic E-state index is 13.8. The molecule has 0 spiro atoms. The number of phenols is 1. The maximum Gasteiger partial charge on any atom is 0.273 e. The quantitative estimate of drug-likeness (QED) is 0.240. The van der Waals surface area contributed by atoms with E-state index in [1.165, 1.54) is 12.1 Å². The second-order valence-electron chi connectivity index (χ2n) is 10.1. The molecule has 1 unspecified atom stereocenters. The Kier molecular flexibility index (Phi) is 6.56. The molecule has 1 aromatic heterocycles. The largest absolute Gasteiger partial charge is 0.507 e. The number of carbonyl (C=O) groups is 1. The lowest BCUT2D eigenvalue weighted by Crippen LogP contribution is -2.29. The minimum absolute atomic E-state index is 0.106. The molecule has 6 rings (SSSR count). The SMILES string of the molecule is Cc1cc(C)c(-c2n[nH]c3c2C(c2cccc(OCc4ccccc4)c2)N(Cc2ccc(F)cc2)C3=O)c(O)c1. The van der Waals surface area contributed by atoms with Gasteiger partial charge in [0, 0.05) is 17.7 Å². The summed E-state index contributed by atoms with van der Waals surface area (Å²) in [4.78, 5) is 15.5. The van der Waals surface area contributed by atoms with E-state index in [2.05, 4.69) is 10.2 Å². The molecule has 6 nitrogen and oxygen atoms in total. The lowest BCUT2D eigenvalue weighted by atomic mass is 9.93. The first-order chi connectivity index (χ1) is 19.4. The number of ether oxygens (including phenoxy) is 1. The van der Waals surface area contributed by atoms with E-state index in [0.29, 0.717) is 34.9 Å². The molecule has 2 heterocycles. The monoisotopic (exact) mass is 533 g/mol. The Morgan fingerprint density at radius 1 is 0.950 bits per heavy atom. The first-order valence-corrected chi connectivity index (χ1v) is 13.1. The second-order valence-corrected chi connectivity index (χ2v) is 10.1. The van der Waals surface area contributed by atoms with Crippen LogP contribution in [-0.4, -0.2) is 26.1 Å². The summed E-state index contributed by atoms with van der Waals surface area (Å²) in [6, 6.07) is 26.9. The van der Waals surface area contributed by atoms with Crippen LogP contribution in [0.15, 0.2) is 91.0 Å². The number of hydrogen-bond donors (Lipinski definition) is 2. The van der Waals surface area contributed by atoms with E-state index in [0.717, 1.165) is 27.8 Å². The number of hydrogen-bond acceptors (Lipinski definition) is 4. The zero-order valence-electron chi connectivity index (χ0n) is 22.2. The molecule has 5 aromatic rings. The van der Waals surface area contributed by atoms with Crippen LogP contribution in [0.2, 0.25) is 0 Å². The summed E-state index contributed by atoms with van der Waals surface area (Å²) in [5.74, 6) is 0.222. The molecular weight excluding hydrogens is 505 g/mol. The van der Waals surface area contributed by atoms with Crippen molar-refractivity contribution in [2.75, 3.05) is 0 Å². The van der Waals surface area contributed by atoms with Crippen molar-refractivity contribution < 1.29 is 19.0 Å². The lowest BCUT2D eigenvalue weighted by molar-refractivity contribution is 0.0729. The fourth-order valence-electron chi connectivity index (χ4n) is 5.45. The molecule has 7 heteroatoms. The number of aromatic amines is 1. The number of halogens is 1. The molecular formula is C33H28FN3O3. The van der Waals surface area contributed by atoms with E-state index in [4.69, 9.17) is 4.74 Å². The van der Waals surface area contributed by atoms with Crippen molar-refractivity contribution in [1.82, 2.24) is 15.1 Å². The number of nitrogens with zero attached hydrogens (tertiary/aromatic N) is 2. The average Bonchev–Trinajstić information content (AvgIpc) is 3.48. The zero-order valence-corrected chi connectivity index (χ0v) is 22.2. The highest BCUT2D eigenvalue weighted by molar-refractivity contribution is 6.00. The van der Waals surface area contributed by atoms with Crippen LogP contribution in [0.4, 0.5) is 4.39 Å². The maximum absolute atomic E-state index is 13.8. The van der Waals surface area contributed by atoms with Gasteiger partial charge in [-0.25, -0.2) is 4.39 Å². The van der Waals surface area contributed by atoms with Crippen LogP contribution in [0.25, 0.3) is 11.3 Å². The normalized spacial score (nSPS) is 14.4. The Morgan fingerprint density at radius 2 is 1.73 bits per heavy atom. The fourth-order valence-corrected chi connectivity index (χ4v) is 5.45. The van der Waals surface area contributed by atoms with Gasteiger partial charge in [-0.05, 0) is 72.0 Å². The van der Waals surface area contributed by atoms with Crippen molar-refractivity contribution in [1.29, 1.82) is 0 Å². The molecule has 1 aliphatic rings. The molecule has 0 saturated heterocycles. The molecule has 4 aromatic carbocycles. The fraction of sp³-hybridized carbons (Fsp3) is 0.152. The first-order valence-electron chi connectivity index (χ1n) is 13.1. The molecule has 200 valence electrons. The number of amides is 1. The number of aromatic nitrogens is 2. The molecule has 40 heavy (non-hydrogen) atoms. The van der Waals surface area contributed by atoms with Crippen LogP contribution in [0.1, 0.15) is 49.9 Å². The predicted octanol–water partition coefficient (Wildman–Crippen LogP) is 6.86. The van der Waals surface area contributed by atoms with E-state index < -0.39 is 6.04 Å². The summed E-state index contributed by atoms with van der Waals surface area (Å²) < 4.78 is 19.7. The van der Waals surface area contributed by atoms with Crippen molar-refractivity contribution in [3.05, 3.63) is 136 Å². The van der Waals surface area contributed by atoms with Gasteiger partial charge >= 0.3 is 0 Å². The van der Waals surface area contributed by atoms with Gasteiger partial charge in [0.25, 0.3) is 5.91 Å². The highest BCUT2D eigenvalue weighted by atomic mass is 19.1. The number of H-pyrrole nitrogens is 1. The van der Waals surface area contributed by atoms with Crippen LogP contribution in [0.3, 0.4) is 0 Å². The van der Waals surface area contributed by atoms with Gasteiger partial charge < -0.3 is 14.7 Å². The molecule has 1 aliphatic heterocycles. The van der Waals surface area contributed by atoms with Gasteiger partial charge in [-0.1, -0.05) is 60.7 Å². The number of nitrogens with one attached hydrogen (secondary N) is 1. The van der Waals surface area contributed by atoms with E-state index in [1.54, 1.807) is 23.1 Å². The van der Waals surface area contributed by atoms with Gasteiger partial charge in [-0.2, -0.15) is 5.10 Å². The van der Waals surface area contributed by atoms with Crippen molar-refractivity contribution in [3.63, 3.8) is 0 Å². The van der Waals surface area contributed by atoms with Crippen molar-refractivity contribution in [3.8, 4) is 22.8 Å². The summed E-state index contributed by atoms with van der Waals surface area (Å²) in [6.07, 6.45) is 0. The Bertz CT molecular complexity index is 1670. The summed E-state index contributed by atoms with van der Waals surface area (Å²) in [5, 5.41) is 18.4. The number of rotatable bonds is 7. The topological polar surface area (TPSA) is 78.5 Å². The Hall–Kier alpha value is -4.91. The van der Waals surface area contributed by atoms with Crippen LogP contribution in [-0.2, 0) is 13.2 Å². The first kappa shape index (κ1) is 25.4. The van der Waals surface area contributed by atoms with Gasteiger partial charge in [-0.15, -0.1) is 0 Å². The van der Waals surface area contributed by atoms with Crippen molar-refractivity contribution >= 4 is 5.91 Å². The van der Waals surface area contributed by atoms with Gasteiger partial charge in [0.05, 0.1) is 6.04 Å². The van der Waals surface area contributed by atoms with E-state index in [1.807, 2.05) is 74.5 Å². The number of carbonyl (C=O) groups excluding carboxylic acids is 1. The van der Waals surface area contributed by atoms with Crippen molar-refractivity contribution in [2.24, 2.45) is 0 Å². The lowest BCUT2D eigenvalue weighted by Gasteiger charge is -2.27. The zero-order chi connectivity index (χ0) is 27.8. The minimum Gasteiger partial charge on any atom is -0.507 e. The average molecular weight is 534 g/mol. The Morgan fingerprint density at radius 3 is 2.48 bits per heavy atom. The van der Waals surface area contributed by atoms with Crippen LogP contribution in [0.5, 0.6) is 11.5 Å². The molecule has 0 bridgehead atoms. The third-order valence-corrected chi connectivity index (χ3v) is 7.25. The second kappa shape index (κ2) is 10.3. The molecule has 0 radical (unpaired) electrons. The van der Waals surface area contributed by atoms with Gasteiger partial charge in [-0.3, -0.25) is 9.89 Å². The molecule has 0 saturated carbocycles. The number of fused-ring (bicyclic) bond motifs is 1. The molecule has 1 atom stereocenters. The van der Waals surface area contributed by atoms with Gasteiger partial charge in [0.15, 0.2) is 0 Å². The number of benzene rings is 4. The standard InChI is InChI=1S/C33H28FN3O3/c1-20-15-21(2)28(27(38)16-20)30-29-31(36-35-30)33(39)37(18-22-11-13-25(34)14-12-22)32(29)24-9-6-10-26(17-24)40-19-23-7-4-3-5-8-23/h3-17,32,38H,18-19H2,1-2H3,(H,35,36). The van der Waals surface area contributed by atoms with E-state index >= 15 is 0 Å². The summed E-state index contributed by atoms with van der Waals surface area (Å²) in [5.41, 5.74) is 6.64. The third kappa shape index (κ3) is 4.71.